The minimum Gasteiger partial charge on any atom is -0.508 e. The third-order valence-corrected chi connectivity index (χ3v) is 10.8. The summed E-state index contributed by atoms with van der Waals surface area (Å²) in [6.07, 6.45) is 0. The molecule has 1 aliphatic rings. The molecule has 0 aromatic heterocycles. The summed E-state index contributed by atoms with van der Waals surface area (Å²) in [4.78, 5) is 0. The van der Waals surface area contributed by atoms with Crippen molar-refractivity contribution in [2.24, 2.45) is 0 Å². The highest BCUT2D eigenvalue weighted by atomic mass is 31.2. The van der Waals surface area contributed by atoms with Crippen molar-refractivity contribution < 1.29 is 19.3 Å². The summed E-state index contributed by atoms with van der Waals surface area (Å²) in [5, 5.41) is 19.7. The molecule has 0 fully saturated rings. The minimum absolute atomic E-state index is 0.0941. The summed E-state index contributed by atoms with van der Waals surface area (Å²) in [6.45, 7) is 3.87. The number of aromatic hydroxyl groups is 2. The van der Waals surface area contributed by atoms with Crippen molar-refractivity contribution in [3.05, 3.63) is 137 Å². The average Bonchev–Trinajstić information content (AvgIpc) is 2.94. The van der Waals surface area contributed by atoms with Crippen molar-refractivity contribution in [3.8, 4) is 28.4 Å². The van der Waals surface area contributed by atoms with Gasteiger partial charge in [-0.05, 0) is 83.6 Å². The second kappa shape index (κ2) is 9.07. The molecule has 0 radical (unpaired) electrons. The predicted octanol–water partition coefficient (Wildman–Crippen LogP) is 7.25. The Kier molecular flexibility index (Phi) is 5.78. The lowest BCUT2D eigenvalue weighted by Crippen LogP contribution is -2.38. The van der Waals surface area contributed by atoms with E-state index in [4.69, 9.17) is 10.3 Å². The van der Waals surface area contributed by atoms with Gasteiger partial charge >= 0.3 is 0 Å². The molecule has 5 nitrogen and oxygen atoms in total. The second-order valence-electron chi connectivity index (χ2n) is 9.98. The Morgan fingerprint density at radius 2 is 1.15 bits per heavy atom. The van der Waals surface area contributed by atoms with E-state index in [1.165, 1.54) is 0 Å². The number of anilines is 1. The fourth-order valence-corrected chi connectivity index (χ4v) is 9.04. The molecule has 1 atom stereocenters. The number of phenols is 2. The predicted molar refractivity (Wildman–Crippen MR) is 156 cm³/mol. The van der Waals surface area contributed by atoms with Crippen LogP contribution in [-0.4, -0.2) is 10.2 Å². The van der Waals surface area contributed by atoms with Crippen LogP contribution < -0.4 is 15.6 Å². The van der Waals surface area contributed by atoms with Gasteiger partial charge in [0.1, 0.15) is 22.4 Å². The molecule has 5 aromatic carbocycles. The molecule has 4 N–H and O–H groups in total. The molecule has 0 amide bonds. The standard InChI is InChI=1S/C33H28NO4P/c1-21-19-25(20-22(2)32(21)34)33(23-11-15-26(35)16-12-23,24-13-17-27(36)18-14-24)39(37)31-10-6-4-8-29(31)28-7-3-5-9-30(28)38-39/h3-20,35-36H,34H2,1-2H3. The lowest BCUT2D eigenvalue weighted by molar-refractivity contribution is 0.464. The first-order valence-electron chi connectivity index (χ1n) is 12.7. The number of hydrogen-bond acceptors (Lipinski definition) is 5. The quantitative estimate of drug-likeness (QED) is 0.129. The van der Waals surface area contributed by atoms with E-state index in [2.05, 4.69) is 0 Å². The monoisotopic (exact) mass is 533 g/mol. The number of para-hydroxylation sites is 1. The van der Waals surface area contributed by atoms with Crippen LogP contribution in [0.3, 0.4) is 0 Å². The number of fused-ring (bicyclic) bond motifs is 3. The van der Waals surface area contributed by atoms with Gasteiger partial charge in [-0.3, -0.25) is 4.57 Å². The summed E-state index contributed by atoms with van der Waals surface area (Å²) in [6, 6.07) is 32.7. The molecule has 6 heteroatoms. The van der Waals surface area contributed by atoms with Gasteiger partial charge in [0.2, 0.25) is 0 Å². The highest BCUT2D eigenvalue weighted by molar-refractivity contribution is 7.69. The molecule has 1 unspecified atom stereocenters. The first-order valence-corrected chi connectivity index (χ1v) is 14.3. The average molecular weight is 534 g/mol. The summed E-state index contributed by atoms with van der Waals surface area (Å²) >= 11 is 0. The topological polar surface area (TPSA) is 92.8 Å². The van der Waals surface area contributed by atoms with E-state index in [1.54, 1.807) is 48.5 Å². The van der Waals surface area contributed by atoms with Crippen molar-refractivity contribution in [1.82, 2.24) is 0 Å². The van der Waals surface area contributed by atoms with Crippen LogP contribution in [0, 0.1) is 13.8 Å². The number of phenolic OH excluding ortho intramolecular Hbond substituents is 2. The first kappa shape index (κ1) is 24.8. The second-order valence-corrected chi connectivity index (χ2v) is 12.4. The van der Waals surface area contributed by atoms with E-state index >= 15 is 4.57 Å². The van der Waals surface area contributed by atoms with Gasteiger partial charge in [0.25, 0.3) is 7.37 Å². The molecule has 0 aliphatic carbocycles. The largest absolute Gasteiger partial charge is 0.508 e. The number of aryl methyl sites for hydroxylation is 2. The van der Waals surface area contributed by atoms with Gasteiger partial charge < -0.3 is 20.5 Å². The highest BCUT2D eigenvalue weighted by Gasteiger charge is 2.58. The van der Waals surface area contributed by atoms with Crippen LogP contribution in [0.25, 0.3) is 11.1 Å². The van der Waals surface area contributed by atoms with Gasteiger partial charge in [0.15, 0.2) is 0 Å². The molecule has 5 aromatic rings. The number of hydrogen-bond donors (Lipinski definition) is 3. The molecule has 0 spiro atoms. The zero-order valence-electron chi connectivity index (χ0n) is 21.6. The van der Waals surface area contributed by atoms with Crippen molar-refractivity contribution in [1.29, 1.82) is 0 Å². The van der Waals surface area contributed by atoms with Crippen molar-refractivity contribution in [3.63, 3.8) is 0 Å². The Labute approximate surface area is 227 Å². The molecule has 1 aliphatic heterocycles. The van der Waals surface area contributed by atoms with Crippen LogP contribution in [0.15, 0.2) is 109 Å². The zero-order chi connectivity index (χ0) is 27.4. The van der Waals surface area contributed by atoms with Crippen molar-refractivity contribution in [2.45, 2.75) is 19.0 Å². The van der Waals surface area contributed by atoms with Gasteiger partial charge in [-0.2, -0.15) is 0 Å². The van der Waals surface area contributed by atoms with E-state index in [9.17, 15) is 10.2 Å². The van der Waals surface area contributed by atoms with Crippen LogP contribution in [-0.2, 0) is 9.72 Å². The van der Waals surface area contributed by atoms with Crippen LogP contribution >= 0.6 is 7.37 Å². The van der Waals surface area contributed by atoms with Crippen LogP contribution in [0.5, 0.6) is 17.2 Å². The van der Waals surface area contributed by atoms with Crippen LogP contribution in [0.2, 0.25) is 0 Å². The summed E-state index contributed by atoms with van der Waals surface area (Å²) in [5.74, 6) is 0.721. The maximum atomic E-state index is 16.1. The molecule has 6 rings (SSSR count). The van der Waals surface area contributed by atoms with Crippen molar-refractivity contribution >= 4 is 18.4 Å². The van der Waals surface area contributed by atoms with Gasteiger partial charge in [-0.25, -0.2) is 0 Å². The Hall–Kier alpha value is -4.47. The molecule has 39 heavy (non-hydrogen) atoms. The van der Waals surface area contributed by atoms with Crippen molar-refractivity contribution in [2.75, 3.05) is 5.73 Å². The lowest BCUT2D eigenvalue weighted by atomic mass is 9.82. The van der Waals surface area contributed by atoms with E-state index in [0.717, 1.165) is 27.8 Å². The smallest absolute Gasteiger partial charge is 0.296 e. The molecule has 0 saturated heterocycles. The molecule has 194 valence electrons. The Morgan fingerprint density at radius 1 is 0.667 bits per heavy atom. The minimum atomic E-state index is -3.93. The highest BCUT2D eigenvalue weighted by Crippen LogP contribution is 2.71. The lowest BCUT2D eigenvalue weighted by Gasteiger charge is -2.44. The maximum absolute atomic E-state index is 16.1. The van der Waals surface area contributed by atoms with Gasteiger partial charge in [-0.15, -0.1) is 0 Å². The van der Waals surface area contributed by atoms with E-state index < -0.39 is 12.5 Å². The summed E-state index contributed by atoms with van der Waals surface area (Å²) in [7, 11) is -3.93. The Balaban J connectivity index is 1.82. The SMILES string of the molecule is Cc1cc(C(c2ccc(O)cc2)(c2ccc(O)cc2)P2(=O)Oc3ccccc3-c3ccccc32)cc(C)c1N. The molecule has 0 saturated carbocycles. The third kappa shape index (κ3) is 3.65. The maximum Gasteiger partial charge on any atom is 0.296 e. The van der Waals surface area contributed by atoms with E-state index in [-0.39, 0.29) is 11.5 Å². The van der Waals surface area contributed by atoms with Crippen LogP contribution in [0.1, 0.15) is 27.8 Å². The van der Waals surface area contributed by atoms with Gasteiger partial charge in [0, 0.05) is 11.3 Å². The van der Waals surface area contributed by atoms with Gasteiger partial charge in [-0.1, -0.05) is 72.8 Å². The summed E-state index contributed by atoms with van der Waals surface area (Å²) < 4.78 is 22.9. The number of nitrogens with two attached hydrogens (primary N) is 1. The number of rotatable bonds is 4. The zero-order valence-corrected chi connectivity index (χ0v) is 22.5. The van der Waals surface area contributed by atoms with Gasteiger partial charge in [0.05, 0.1) is 5.30 Å². The third-order valence-electron chi connectivity index (χ3n) is 7.65. The normalized spacial score (nSPS) is 16.2. The molecule has 1 heterocycles. The Morgan fingerprint density at radius 3 is 1.72 bits per heavy atom. The van der Waals surface area contributed by atoms with E-state index in [0.29, 0.717) is 27.9 Å². The Bertz CT molecular complexity index is 1690. The molecular weight excluding hydrogens is 505 g/mol. The van der Waals surface area contributed by atoms with E-state index in [1.807, 2.05) is 74.5 Å². The fourth-order valence-electron chi connectivity index (χ4n) is 5.76. The first-order chi connectivity index (χ1) is 18.8. The number of nitrogen functional groups attached to an aromatic ring is 1. The fraction of sp³-hybridized carbons (Fsp3) is 0.0909. The molecular formula is C33H28NO4P. The number of benzene rings is 5. The van der Waals surface area contributed by atoms with Crippen LogP contribution in [0.4, 0.5) is 5.69 Å². The molecule has 0 bridgehead atoms. The summed E-state index contributed by atoms with van der Waals surface area (Å²) in [5.41, 5.74) is 12.6.